The normalized spacial score (nSPS) is 14.8. The molecule has 1 N–H and O–H groups in total. The first-order chi connectivity index (χ1) is 8.50. The van der Waals surface area contributed by atoms with Crippen molar-refractivity contribution in [2.45, 2.75) is 12.8 Å². The molecule has 18 heavy (non-hydrogen) atoms. The van der Waals surface area contributed by atoms with Crippen molar-refractivity contribution in [1.82, 2.24) is 0 Å². The monoisotopic (exact) mass is 362 g/mol. The lowest BCUT2D eigenvalue weighted by atomic mass is 10.1. The van der Waals surface area contributed by atoms with Gasteiger partial charge in [0.25, 0.3) is 5.69 Å². The summed E-state index contributed by atoms with van der Waals surface area (Å²) in [6.07, 6.45) is 2.04. The second kappa shape index (κ2) is 5.09. The van der Waals surface area contributed by atoms with Crippen LogP contribution in [0.15, 0.2) is 12.1 Å². The molecular formula is C11H11IN2O4. The Kier molecular flexibility index (Phi) is 3.69. The third-order valence-corrected chi connectivity index (χ3v) is 3.73. The van der Waals surface area contributed by atoms with Gasteiger partial charge in [-0.1, -0.05) is 0 Å². The zero-order valence-electron chi connectivity index (χ0n) is 9.43. The van der Waals surface area contributed by atoms with Crippen molar-refractivity contribution in [3.63, 3.8) is 0 Å². The smallest absolute Gasteiger partial charge is 0.338 e. The van der Waals surface area contributed by atoms with Crippen molar-refractivity contribution in [1.29, 1.82) is 0 Å². The predicted molar refractivity (Wildman–Crippen MR) is 74.2 cm³/mol. The van der Waals surface area contributed by atoms with Gasteiger partial charge in [-0.3, -0.25) is 10.1 Å². The molecule has 0 bridgehead atoms. The topological polar surface area (TPSA) is 83.7 Å². The highest BCUT2D eigenvalue weighted by atomic mass is 127. The number of rotatable bonds is 3. The summed E-state index contributed by atoms with van der Waals surface area (Å²) in [5.74, 6) is -1.13. The van der Waals surface area contributed by atoms with Crippen molar-refractivity contribution >= 4 is 39.9 Å². The van der Waals surface area contributed by atoms with Crippen LogP contribution in [0.2, 0.25) is 0 Å². The Bertz CT molecular complexity index is 512. The Morgan fingerprint density at radius 1 is 1.39 bits per heavy atom. The van der Waals surface area contributed by atoms with E-state index in [1.54, 1.807) is 0 Å². The van der Waals surface area contributed by atoms with Gasteiger partial charge < -0.3 is 10.0 Å². The second-order valence-electron chi connectivity index (χ2n) is 4.08. The number of carboxylic acids is 1. The van der Waals surface area contributed by atoms with E-state index in [-0.39, 0.29) is 11.3 Å². The summed E-state index contributed by atoms with van der Waals surface area (Å²) in [6, 6.07) is 2.55. The van der Waals surface area contributed by atoms with Gasteiger partial charge in [-0.15, -0.1) is 0 Å². The molecule has 0 aromatic heterocycles. The number of non-ortho nitro benzene ring substituents is 1. The molecular weight excluding hydrogens is 351 g/mol. The molecule has 0 atom stereocenters. The number of hydrogen-bond acceptors (Lipinski definition) is 4. The summed E-state index contributed by atoms with van der Waals surface area (Å²) >= 11 is 1.96. The van der Waals surface area contributed by atoms with Crippen LogP contribution in [0.3, 0.4) is 0 Å². The summed E-state index contributed by atoms with van der Waals surface area (Å²) in [5.41, 5.74) is 0.432. The number of nitrogens with zero attached hydrogens (tertiary/aromatic N) is 2. The molecule has 1 heterocycles. The van der Waals surface area contributed by atoms with Gasteiger partial charge in [-0.05, 0) is 35.4 Å². The van der Waals surface area contributed by atoms with Crippen LogP contribution in [0, 0.1) is 13.7 Å². The highest BCUT2D eigenvalue weighted by Crippen LogP contribution is 2.33. The summed E-state index contributed by atoms with van der Waals surface area (Å²) in [7, 11) is 0. The van der Waals surface area contributed by atoms with Gasteiger partial charge in [0.2, 0.25) is 0 Å². The molecule has 0 spiro atoms. The van der Waals surface area contributed by atoms with Crippen LogP contribution in [0.5, 0.6) is 0 Å². The fraction of sp³-hybridized carbons (Fsp3) is 0.364. The minimum absolute atomic E-state index is 0.00972. The number of aromatic carboxylic acids is 1. The third kappa shape index (κ3) is 2.40. The fourth-order valence-electron chi connectivity index (χ4n) is 2.12. The standard InChI is InChI=1S/C11H11IN2O4/c12-9-6-7(14(17)18)5-8(11(15)16)10(9)13-3-1-2-4-13/h5-6H,1-4H2,(H,15,16). The number of carboxylic acid groups (broad SMARTS) is 1. The van der Waals surface area contributed by atoms with Crippen LogP contribution in [0.4, 0.5) is 11.4 Å². The first kappa shape index (κ1) is 13.1. The van der Waals surface area contributed by atoms with Crippen LogP contribution < -0.4 is 4.90 Å². The minimum Gasteiger partial charge on any atom is -0.478 e. The zero-order chi connectivity index (χ0) is 13.3. The average molecular weight is 362 g/mol. The van der Waals surface area contributed by atoms with Crippen molar-refractivity contribution in [2.24, 2.45) is 0 Å². The highest BCUT2D eigenvalue weighted by molar-refractivity contribution is 14.1. The molecule has 1 saturated heterocycles. The molecule has 96 valence electrons. The maximum absolute atomic E-state index is 11.3. The third-order valence-electron chi connectivity index (χ3n) is 2.91. The summed E-state index contributed by atoms with van der Waals surface area (Å²) < 4.78 is 0.612. The second-order valence-corrected chi connectivity index (χ2v) is 5.24. The van der Waals surface area contributed by atoms with Gasteiger partial charge >= 0.3 is 5.97 Å². The van der Waals surface area contributed by atoms with E-state index in [0.717, 1.165) is 32.0 Å². The lowest BCUT2D eigenvalue weighted by Crippen LogP contribution is -2.22. The van der Waals surface area contributed by atoms with Crippen LogP contribution in [-0.2, 0) is 0 Å². The summed E-state index contributed by atoms with van der Waals surface area (Å²) in [5, 5.41) is 20.0. The number of benzene rings is 1. The molecule has 1 aromatic carbocycles. The number of hydrogen-bond donors (Lipinski definition) is 1. The van der Waals surface area contributed by atoms with Gasteiger partial charge in [0.1, 0.15) is 0 Å². The molecule has 1 aromatic rings. The van der Waals surface area contributed by atoms with E-state index in [1.165, 1.54) is 6.07 Å². The predicted octanol–water partition coefficient (Wildman–Crippen LogP) is 2.50. The van der Waals surface area contributed by atoms with E-state index in [9.17, 15) is 20.0 Å². The van der Waals surface area contributed by atoms with Gasteiger partial charge in [0.05, 0.1) is 16.2 Å². The van der Waals surface area contributed by atoms with E-state index >= 15 is 0 Å². The van der Waals surface area contributed by atoms with Gasteiger partial charge in [-0.2, -0.15) is 0 Å². The van der Waals surface area contributed by atoms with E-state index < -0.39 is 10.9 Å². The molecule has 0 aliphatic carbocycles. The maximum Gasteiger partial charge on any atom is 0.338 e. The molecule has 0 saturated carbocycles. The molecule has 0 amide bonds. The van der Waals surface area contributed by atoms with Gasteiger partial charge in [0, 0.05) is 28.8 Å². The molecule has 7 heteroatoms. The lowest BCUT2D eigenvalue weighted by Gasteiger charge is -2.21. The van der Waals surface area contributed by atoms with Gasteiger partial charge in [-0.25, -0.2) is 4.79 Å². The maximum atomic E-state index is 11.3. The van der Waals surface area contributed by atoms with Crippen LogP contribution >= 0.6 is 22.6 Å². The number of nitro benzene ring substituents is 1. The van der Waals surface area contributed by atoms with Crippen molar-refractivity contribution in [3.8, 4) is 0 Å². The number of anilines is 1. The number of carbonyl (C=O) groups is 1. The first-order valence-electron chi connectivity index (χ1n) is 5.47. The van der Waals surface area contributed by atoms with Crippen LogP contribution in [0.25, 0.3) is 0 Å². The highest BCUT2D eigenvalue weighted by Gasteiger charge is 2.25. The Hall–Kier alpha value is -1.38. The molecule has 0 radical (unpaired) electrons. The Labute approximate surface area is 117 Å². The Balaban J connectivity index is 2.56. The Morgan fingerprint density at radius 2 is 2.00 bits per heavy atom. The first-order valence-corrected chi connectivity index (χ1v) is 6.54. The molecule has 0 unspecified atom stereocenters. The molecule has 1 fully saturated rings. The quantitative estimate of drug-likeness (QED) is 0.508. The molecule has 2 rings (SSSR count). The Morgan fingerprint density at radius 3 is 2.50 bits per heavy atom. The SMILES string of the molecule is O=C(O)c1cc([N+](=O)[O-])cc(I)c1N1CCCC1. The zero-order valence-corrected chi connectivity index (χ0v) is 11.6. The minimum atomic E-state index is -1.13. The van der Waals surface area contributed by atoms with Gasteiger partial charge in [0.15, 0.2) is 0 Å². The molecule has 6 nitrogen and oxygen atoms in total. The van der Waals surface area contributed by atoms with Crippen molar-refractivity contribution in [2.75, 3.05) is 18.0 Å². The molecule has 1 aliphatic rings. The largest absolute Gasteiger partial charge is 0.478 e. The van der Waals surface area contributed by atoms with E-state index in [2.05, 4.69) is 0 Å². The van der Waals surface area contributed by atoms with Crippen molar-refractivity contribution in [3.05, 3.63) is 31.4 Å². The summed E-state index contributed by atoms with van der Waals surface area (Å²) in [4.78, 5) is 23.4. The number of nitro groups is 1. The van der Waals surface area contributed by atoms with E-state index in [4.69, 9.17) is 0 Å². The summed E-state index contributed by atoms with van der Waals surface area (Å²) in [6.45, 7) is 1.60. The van der Waals surface area contributed by atoms with E-state index in [1.807, 2.05) is 27.5 Å². The van der Waals surface area contributed by atoms with Crippen molar-refractivity contribution < 1.29 is 14.8 Å². The van der Waals surface area contributed by atoms with Crippen LogP contribution in [0.1, 0.15) is 23.2 Å². The average Bonchev–Trinajstić information content (AvgIpc) is 2.80. The lowest BCUT2D eigenvalue weighted by molar-refractivity contribution is -0.385. The van der Waals surface area contributed by atoms with Crippen LogP contribution in [-0.4, -0.2) is 29.1 Å². The number of halogens is 1. The van der Waals surface area contributed by atoms with E-state index in [0.29, 0.717) is 9.26 Å². The fourth-order valence-corrected chi connectivity index (χ4v) is 3.07. The molecule has 1 aliphatic heterocycles.